The number of hydrogen-bond acceptors (Lipinski definition) is 5. The van der Waals surface area contributed by atoms with E-state index in [1.165, 1.54) is 17.0 Å². The molecule has 8 heteroatoms. The number of fused-ring (bicyclic) bond motifs is 1. The number of hydrogen-bond donors (Lipinski definition) is 1. The second kappa shape index (κ2) is 8.16. The Labute approximate surface area is 169 Å². The molecule has 1 fully saturated rings. The zero-order valence-electron chi connectivity index (χ0n) is 15.9. The molecule has 1 saturated heterocycles. The van der Waals surface area contributed by atoms with Crippen molar-refractivity contribution in [2.75, 3.05) is 39.4 Å². The molecule has 152 valence electrons. The SMILES string of the molecule is O=C(c1ccccc1)[C@@H]1C(=O)c2ccccc2S(=O)(=O)N1CC[NH+]1CCOCC1. The van der Waals surface area contributed by atoms with Crippen LogP contribution in [-0.4, -0.2) is 69.7 Å². The predicted molar refractivity (Wildman–Crippen MR) is 106 cm³/mol. The normalized spacial score (nSPS) is 22.2. The molecular weight excluding hydrogens is 392 g/mol. The fourth-order valence-corrected chi connectivity index (χ4v) is 5.63. The monoisotopic (exact) mass is 415 g/mol. The summed E-state index contributed by atoms with van der Waals surface area (Å²) in [5, 5.41) is 0. The third-order valence-corrected chi connectivity index (χ3v) is 7.39. The number of ketones is 2. The molecule has 2 aliphatic heterocycles. The van der Waals surface area contributed by atoms with Gasteiger partial charge in [0.25, 0.3) is 0 Å². The Kier molecular flexibility index (Phi) is 5.60. The summed E-state index contributed by atoms with van der Waals surface area (Å²) >= 11 is 0. The zero-order valence-corrected chi connectivity index (χ0v) is 16.7. The van der Waals surface area contributed by atoms with Crippen molar-refractivity contribution in [3.8, 4) is 0 Å². The van der Waals surface area contributed by atoms with E-state index in [1.54, 1.807) is 42.5 Å². The number of rotatable bonds is 5. The number of ether oxygens (including phenoxy) is 1. The maximum Gasteiger partial charge on any atom is 0.245 e. The van der Waals surface area contributed by atoms with Crippen molar-refractivity contribution in [1.82, 2.24) is 4.31 Å². The van der Waals surface area contributed by atoms with Crippen molar-refractivity contribution in [2.24, 2.45) is 0 Å². The van der Waals surface area contributed by atoms with Crippen molar-refractivity contribution < 1.29 is 27.6 Å². The fourth-order valence-electron chi connectivity index (χ4n) is 3.88. The van der Waals surface area contributed by atoms with E-state index in [1.807, 2.05) is 0 Å². The Morgan fingerprint density at radius 2 is 1.69 bits per heavy atom. The van der Waals surface area contributed by atoms with Crippen LogP contribution >= 0.6 is 0 Å². The van der Waals surface area contributed by atoms with Crippen molar-refractivity contribution in [2.45, 2.75) is 10.9 Å². The highest BCUT2D eigenvalue weighted by atomic mass is 32.2. The van der Waals surface area contributed by atoms with Crippen LogP contribution in [0.25, 0.3) is 0 Å². The van der Waals surface area contributed by atoms with Gasteiger partial charge in [-0.05, 0) is 12.1 Å². The quantitative estimate of drug-likeness (QED) is 0.551. The van der Waals surface area contributed by atoms with E-state index in [4.69, 9.17) is 4.74 Å². The Balaban J connectivity index is 1.72. The third kappa shape index (κ3) is 3.76. The first-order valence-corrected chi connectivity index (χ1v) is 11.1. The van der Waals surface area contributed by atoms with E-state index in [0.29, 0.717) is 25.3 Å². The number of benzene rings is 2. The van der Waals surface area contributed by atoms with Gasteiger partial charge in [0.2, 0.25) is 10.0 Å². The van der Waals surface area contributed by atoms with E-state index < -0.39 is 27.6 Å². The van der Waals surface area contributed by atoms with Crippen molar-refractivity contribution in [3.05, 3.63) is 65.7 Å². The molecule has 4 rings (SSSR count). The minimum atomic E-state index is -3.97. The van der Waals surface area contributed by atoms with E-state index >= 15 is 0 Å². The van der Waals surface area contributed by atoms with Crippen molar-refractivity contribution in [1.29, 1.82) is 0 Å². The minimum Gasteiger partial charge on any atom is -0.370 e. The lowest BCUT2D eigenvalue weighted by molar-refractivity contribution is -0.907. The van der Waals surface area contributed by atoms with Crippen LogP contribution in [0.15, 0.2) is 59.5 Å². The molecule has 0 amide bonds. The highest BCUT2D eigenvalue weighted by Crippen LogP contribution is 2.31. The molecule has 0 bridgehead atoms. The molecular formula is C21H23N2O5S+. The van der Waals surface area contributed by atoms with Gasteiger partial charge in [-0.1, -0.05) is 42.5 Å². The molecule has 0 unspecified atom stereocenters. The highest BCUT2D eigenvalue weighted by molar-refractivity contribution is 7.89. The average Bonchev–Trinajstić information content (AvgIpc) is 2.76. The van der Waals surface area contributed by atoms with Crippen molar-refractivity contribution in [3.63, 3.8) is 0 Å². The standard InChI is InChI=1S/C21H22N2O5S/c24-20(16-6-2-1-3-7-16)19-21(25)17-8-4-5-9-18(17)29(26,27)23(19)11-10-22-12-14-28-15-13-22/h1-9,19H,10-15H2/p+1/t19-/m1/s1. The van der Waals surface area contributed by atoms with Crippen LogP contribution in [0.1, 0.15) is 20.7 Å². The number of carbonyl (C=O) groups excluding carboxylic acids is 2. The van der Waals surface area contributed by atoms with Crippen LogP contribution in [0.3, 0.4) is 0 Å². The maximum atomic E-state index is 13.4. The van der Waals surface area contributed by atoms with Crippen LogP contribution in [0.4, 0.5) is 0 Å². The summed E-state index contributed by atoms with van der Waals surface area (Å²) in [4.78, 5) is 27.6. The summed E-state index contributed by atoms with van der Waals surface area (Å²) in [7, 11) is -3.97. The zero-order chi connectivity index (χ0) is 20.4. The smallest absolute Gasteiger partial charge is 0.245 e. The minimum absolute atomic E-state index is 0.0286. The molecule has 1 atom stereocenters. The highest BCUT2D eigenvalue weighted by Gasteiger charge is 2.47. The first-order valence-electron chi connectivity index (χ1n) is 9.66. The first-order chi connectivity index (χ1) is 14.0. The van der Waals surface area contributed by atoms with Gasteiger partial charge in [-0.3, -0.25) is 9.59 Å². The lowest BCUT2D eigenvalue weighted by atomic mass is 9.96. The summed E-state index contributed by atoms with van der Waals surface area (Å²) in [6, 6.07) is 13.1. The summed E-state index contributed by atoms with van der Waals surface area (Å²) in [6.45, 7) is 3.40. The molecule has 2 heterocycles. The fraction of sp³-hybridized carbons (Fsp3) is 0.333. The van der Waals surface area contributed by atoms with Crippen LogP contribution < -0.4 is 4.90 Å². The third-order valence-electron chi connectivity index (χ3n) is 5.47. The second-order valence-electron chi connectivity index (χ2n) is 7.22. The number of Topliss-reactive ketones (excluding diaryl/α,β-unsaturated/α-hetero) is 2. The Bertz CT molecular complexity index is 1020. The molecule has 2 aromatic rings. The Hall–Kier alpha value is -2.39. The second-order valence-corrected chi connectivity index (χ2v) is 9.08. The topological polar surface area (TPSA) is 85.2 Å². The summed E-state index contributed by atoms with van der Waals surface area (Å²) in [5.41, 5.74) is 0.404. The van der Waals surface area contributed by atoms with E-state index in [-0.39, 0.29) is 17.0 Å². The van der Waals surface area contributed by atoms with Gasteiger partial charge in [-0.25, -0.2) is 8.42 Å². The molecule has 0 radical (unpaired) electrons. The summed E-state index contributed by atoms with van der Waals surface area (Å²) < 4.78 is 33.2. The lowest BCUT2D eigenvalue weighted by Gasteiger charge is -2.35. The molecule has 2 aliphatic rings. The van der Waals surface area contributed by atoms with Gasteiger partial charge >= 0.3 is 0 Å². The average molecular weight is 415 g/mol. The number of nitrogens with one attached hydrogen (secondary N) is 1. The molecule has 7 nitrogen and oxygen atoms in total. The maximum absolute atomic E-state index is 13.4. The van der Waals surface area contributed by atoms with Crippen LogP contribution in [0.5, 0.6) is 0 Å². The number of nitrogens with zero attached hydrogens (tertiary/aromatic N) is 1. The number of carbonyl (C=O) groups is 2. The van der Waals surface area contributed by atoms with Gasteiger partial charge in [-0.2, -0.15) is 4.31 Å². The van der Waals surface area contributed by atoms with E-state index in [9.17, 15) is 18.0 Å². The predicted octanol–water partition coefficient (Wildman–Crippen LogP) is 0.0402. The summed E-state index contributed by atoms with van der Waals surface area (Å²) in [5.74, 6) is -0.966. The first kappa shape index (κ1) is 19.9. The van der Waals surface area contributed by atoms with Gasteiger partial charge in [0.15, 0.2) is 17.6 Å². The van der Waals surface area contributed by atoms with Gasteiger partial charge in [0.1, 0.15) is 13.1 Å². The molecule has 0 saturated carbocycles. The molecule has 0 spiro atoms. The van der Waals surface area contributed by atoms with Gasteiger partial charge in [0.05, 0.1) is 31.2 Å². The van der Waals surface area contributed by atoms with Gasteiger partial charge in [0, 0.05) is 11.1 Å². The summed E-state index contributed by atoms with van der Waals surface area (Å²) in [6.07, 6.45) is 0. The Morgan fingerprint density at radius 3 is 2.41 bits per heavy atom. The lowest BCUT2D eigenvalue weighted by Crippen LogP contribution is -3.14. The van der Waals surface area contributed by atoms with Crippen molar-refractivity contribution >= 4 is 21.6 Å². The van der Waals surface area contributed by atoms with Gasteiger partial charge < -0.3 is 9.64 Å². The number of quaternary nitrogens is 1. The van der Waals surface area contributed by atoms with E-state index in [0.717, 1.165) is 17.4 Å². The number of morpholine rings is 1. The van der Waals surface area contributed by atoms with E-state index in [2.05, 4.69) is 0 Å². The molecule has 0 aromatic heterocycles. The largest absolute Gasteiger partial charge is 0.370 e. The van der Waals surface area contributed by atoms with Crippen LogP contribution in [0, 0.1) is 0 Å². The molecule has 29 heavy (non-hydrogen) atoms. The number of sulfonamides is 1. The molecule has 2 aromatic carbocycles. The molecule has 1 N–H and O–H groups in total. The van der Waals surface area contributed by atoms with Crippen LogP contribution in [0.2, 0.25) is 0 Å². The van der Waals surface area contributed by atoms with Crippen LogP contribution in [-0.2, 0) is 14.8 Å². The van der Waals surface area contributed by atoms with Gasteiger partial charge in [-0.15, -0.1) is 0 Å². The Morgan fingerprint density at radius 1 is 1.03 bits per heavy atom. The molecule has 0 aliphatic carbocycles.